The van der Waals surface area contributed by atoms with Crippen molar-refractivity contribution in [3.8, 4) is 0 Å². The van der Waals surface area contributed by atoms with Gasteiger partial charge >= 0.3 is 0 Å². The first kappa shape index (κ1) is 17.9. The summed E-state index contributed by atoms with van der Waals surface area (Å²) < 4.78 is 17.6. The van der Waals surface area contributed by atoms with Gasteiger partial charge in [0.25, 0.3) is 0 Å². The Balaban J connectivity index is 0.000000847. The van der Waals surface area contributed by atoms with E-state index in [1.165, 1.54) is 0 Å². The topological polar surface area (TPSA) is 47.9 Å². The summed E-state index contributed by atoms with van der Waals surface area (Å²) in [5.41, 5.74) is 1.92. The average Bonchev–Trinajstić information content (AvgIpc) is 3.11. The fourth-order valence-corrected chi connectivity index (χ4v) is 3.42. The van der Waals surface area contributed by atoms with Crippen LogP contribution < -0.4 is 0 Å². The predicted octanol–water partition coefficient (Wildman–Crippen LogP) is 3.56. The standard InChI is InChI=1S/C15H19BrO4.C2H6/c16-13-8-11(14-19-5-6-20-14)7-12(9-13)15(10-17)1-3-18-4-2-15;1-2/h7-9,14,17H,1-6,10H2;1-2H3. The van der Waals surface area contributed by atoms with E-state index >= 15 is 0 Å². The van der Waals surface area contributed by atoms with Crippen molar-refractivity contribution >= 4 is 15.9 Å². The van der Waals surface area contributed by atoms with Gasteiger partial charge in [-0.05, 0) is 30.5 Å². The SMILES string of the molecule is CC.OCC1(c2cc(Br)cc(C3OCCO3)c2)CCOCC1. The highest BCUT2D eigenvalue weighted by molar-refractivity contribution is 9.10. The van der Waals surface area contributed by atoms with Gasteiger partial charge in [-0.3, -0.25) is 0 Å². The Hall–Kier alpha value is -0.460. The van der Waals surface area contributed by atoms with E-state index in [0.29, 0.717) is 26.4 Å². The van der Waals surface area contributed by atoms with Gasteiger partial charge in [0.1, 0.15) is 0 Å². The third-order valence-corrected chi connectivity index (χ3v) is 4.64. The van der Waals surface area contributed by atoms with Gasteiger partial charge in [-0.2, -0.15) is 0 Å². The summed E-state index contributed by atoms with van der Waals surface area (Å²) in [5, 5.41) is 9.91. The molecule has 0 atom stereocenters. The van der Waals surface area contributed by atoms with E-state index in [0.717, 1.165) is 28.4 Å². The summed E-state index contributed by atoms with van der Waals surface area (Å²) in [7, 11) is 0. The summed E-state index contributed by atoms with van der Waals surface area (Å²) in [5.74, 6) is 0. The van der Waals surface area contributed by atoms with Gasteiger partial charge in [-0.25, -0.2) is 0 Å². The van der Waals surface area contributed by atoms with Crippen molar-refractivity contribution in [3.63, 3.8) is 0 Å². The molecule has 1 aromatic carbocycles. The largest absolute Gasteiger partial charge is 0.395 e. The van der Waals surface area contributed by atoms with Crippen molar-refractivity contribution in [1.82, 2.24) is 0 Å². The van der Waals surface area contributed by atoms with Gasteiger partial charge in [0.2, 0.25) is 0 Å². The third-order valence-electron chi connectivity index (χ3n) is 4.18. The fourth-order valence-electron chi connectivity index (χ4n) is 2.91. The number of hydrogen-bond acceptors (Lipinski definition) is 4. The molecule has 4 nitrogen and oxygen atoms in total. The monoisotopic (exact) mass is 372 g/mol. The highest BCUT2D eigenvalue weighted by Gasteiger charge is 2.35. The van der Waals surface area contributed by atoms with Crippen LogP contribution in [0.2, 0.25) is 0 Å². The number of rotatable bonds is 3. The minimum Gasteiger partial charge on any atom is -0.395 e. The smallest absolute Gasteiger partial charge is 0.184 e. The molecular weight excluding hydrogens is 348 g/mol. The molecule has 0 spiro atoms. The van der Waals surface area contributed by atoms with Crippen molar-refractivity contribution in [2.45, 2.75) is 38.4 Å². The Morgan fingerprint density at radius 2 is 1.73 bits per heavy atom. The van der Waals surface area contributed by atoms with Gasteiger partial charge in [0.15, 0.2) is 6.29 Å². The van der Waals surface area contributed by atoms with E-state index in [-0.39, 0.29) is 18.3 Å². The summed E-state index contributed by atoms with van der Waals surface area (Å²) in [6, 6.07) is 6.20. The highest BCUT2D eigenvalue weighted by atomic mass is 79.9. The Kier molecular flexibility index (Phi) is 6.84. The maximum Gasteiger partial charge on any atom is 0.184 e. The molecule has 2 fully saturated rings. The maximum absolute atomic E-state index is 9.91. The van der Waals surface area contributed by atoms with Gasteiger partial charge in [0, 0.05) is 28.7 Å². The second kappa shape index (κ2) is 8.41. The first-order valence-corrected chi connectivity index (χ1v) is 8.76. The van der Waals surface area contributed by atoms with E-state index in [9.17, 15) is 5.11 Å². The zero-order valence-electron chi connectivity index (χ0n) is 13.3. The lowest BCUT2D eigenvalue weighted by Crippen LogP contribution is -2.37. The minimum absolute atomic E-state index is 0.138. The summed E-state index contributed by atoms with van der Waals surface area (Å²) >= 11 is 3.56. The van der Waals surface area contributed by atoms with Gasteiger partial charge in [0.05, 0.1) is 19.8 Å². The Labute approximate surface area is 140 Å². The number of aliphatic hydroxyl groups is 1. The van der Waals surface area contributed by atoms with E-state index in [4.69, 9.17) is 14.2 Å². The second-order valence-corrected chi connectivity index (χ2v) is 6.31. The van der Waals surface area contributed by atoms with E-state index in [1.54, 1.807) is 0 Å². The third kappa shape index (κ3) is 3.89. The van der Waals surface area contributed by atoms with Crippen molar-refractivity contribution in [1.29, 1.82) is 0 Å². The number of aliphatic hydroxyl groups excluding tert-OH is 1. The number of ether oxygens (including phenoxy) is 3. The molecule has 0 bridgehead atoms. The minimum atomic E-state index is -0.290. The van der Waals surface area contributed by atoms with Crippen LogP contribution in [0.1, 0.15) is 44.1 Å². The highest BCUT2D eigenvalue weighted by Crippen LogP contribution is 2.38. The second-order valence-electron chi connectivity index (χ2n) is 5.40. The molecule has 2 aliphatic rings. The van der Waals surface area contributed by atoms with Crippen LogP contribution in [0.4, 0.5) is 0 Å². The molecule has 0 saturated carbocycles. The Morgan fingerprint density at radius 1 is 1.09 bits per heavy atom. The fraction of sp³-hybridized carbons (Fsp3) is 0.647. The first-order valence-electron chi connectivity index (χ1n) is 7.96. The lowest BCUT2D eigenvalue weighted by atomic mass is 9.74. The number of benzene rings is 1. The molecule has 0 amide bonds. The van der Waals surface area contributed by atoms with Crippen LogP contribution in [0.3, 0.4) is 0 Å². The first-order chi connectivity index (χ1) is 10.7. The Morgan fingerprint density at radius 3 is 2.32 bits per heavy atom. The summed E-state index contributed by atoms with van der Waals surface area (Å²) in [6.07, 6.45) is 1.39. The van der Waals surface area contributed by atoms with Crippen LogP contribution in [0.25, 0.3) is 0 Å². The zero-order chi connectivity index (χ0) is 16.0. The van der Waals surface area contributed by atoms with Crippen LogP contribution in [-0.4, -0.2) is 38.1 Å². The van der Waals surface area contributed by atoms with Crippen molar-refractivity contribution < 1.29 is 19.3 Å². The van der Waals surface area contributed by atoms with Crippen LogP contribution >= 0.6 is 15.9 Å². The molecule has 22 heavy (non-hydrogen) atoms. The van der Waals surface area contributed by atoms with Crippen LogP contribution in [0.5, 0.6) is 0 Å². The molecule has 0 aliphatic carbocycles. The molecule has 0 aromatic heterocycles. The van der Waals surface area contributed by atoms with Gasteiger partial charge in [-0.1, -0.05) is 35.8 Å². The van der Waals surface area contributed by atoms with Crippen molar-refractivity contribution in [2.24, 2.45) is 0 Å². The van der Waals surface area contributed by atoms with Crippen LogP contribution in [-0.2, 0) is 19.6 Å². The summed E-state index contributed by atoms with van der Waals surface area (Å²) in [6.45, 7) is 6.79. The van der Waals surface area contributed by atoms with E-state index in [2.05, 4.69) is 28.1 Å². The lowest BCUT2D eigenvalue weighted by Gasteiger charge is -2.36. The number of halogens is 1. The molecule has 1 N–H and O–H groups in total. The molecule has 5 heteroatoms. The predicted molar refractivity (Wildman–Crippen MR) is 89.0 cm³/mol. The zero-order valence-corrected chi connectivity index (χ0v) is 14.9. The Bertz CT molecular complexity index is 466. The summed E-state index contributed by atoms with van der Waals surface area (Å²) in [4.78, 5) is 0. The molecule has 124 valence electrons. The van der Waals surface area contributed by atoms with E-state index in [1.807, 2.05) is 19.9 Å². The van der Waals surface area contributed by atoms with Crippen LogP contribution in [0.15, 0.2) is 22.7 Å². The maximum atomic E-state index is 9.91. The van der Waals surface area contributed by atoms with E-state index < -0.39 is 0 Å². The molecule has 1 aromatic rings. The van der Waals surface area contributed by atoms with Gasteiger partial charge in [-0.15, -0.1) is 0 Å². The quantitative estimate of drug-likeness (QED) is 0.880. The normalized spacial score (nSPS) is 21.3. The lowest BCUT2D eigenvalue weighted by molar-refractivity contribution is -0.0443. The molecule has 2 heterocycles. The molecule has 0 unspecified atom stereocenters. The van der Waals surface area contributed by atoms with Crippen LogP contribution in [0, 0.1) is 0 Å². The molecule has 2 saturated heterocycles. The molecule has 3 rings (SSSR count). The molecule has 2 aliphatic heterocycles. The molecular formula is C17H25BrO4. The average molecular weight is 373 g/mol. The molecule has 0 radical (unpaired) electrons. The number of hydrogen-bond donors (Lipinski definition) is 1. The van der Waals surface area contributed by atoms with Crippen molar-refractivity contribution in [3.05, 3.63) is 33.8 Å². The van der Waals surface area contributed by atoms with Crippen molar-refractivity contribution in [2.75, 3.05) is 33.0 Å². The van der Waals surface area contributed by atoms with Gasteiger partial charge < -0.3 is 19.3 Å².